The van der Waals surface area contributed by atoms with Crippen LogP contribution in [0.2, 0.25) is 5.02 Å². The lowest BCUT2D eigenvalue weighted by atomic mass is 10.2. The Kier molecular flexibility index (Phi) is 7.31. The minimum atomic E-state index is 0.744. The number of nitrogens with zero attached hydrogens (tertiary/aromatic N) is 1. The smallest absolute Gasteiger partial charge is 0.0428 e. The Morgan fingerprint density at radius 1 is 1.00 bits per heavy atom. The third kappa shape index (κ3) is 5.50. The van der Waals surface area contributed by atoms with E-state index in [1.165, 1.54) is 22.4 Å². The molecule has 0 atom stereocenters. The quantitative estimate of drug-likeness (QED) is 0.514. The molecule has 0 amide bonds. The number of halogens is 1. The van der Waals surface area contributed by atoms with Gasteiger partial charge in [0.1, 0.15) is 0 Å². The van der Waals surface area contributed by atoms with Crippen LogP contribution in [0.5, 0.6) is 0 Å². The summed E-state index contributed by atoms with van der Waals surface area (Å²) in [6, 6.07) is 15.8. The fourth-order valence-electron chi connectivity index (χ4n) is 1.35. The molecule has 2 aromatic rings. The first kappa shape index (κ1) is 15.8. The first-order chi connectivity index (χ1) is 9.25. The van der Waals surface area contributed by atoms with Crippen molar-refractivity contribution in [2.24, 2.45) is 4.40 Å². The van der Waals surface area contributed by atoms with Crippen LogP contribution in [0.25, 0.3) is 0 Å². The van der Waals surface area contributed by atoms with E-state index >= 15 is 0 Å². The summed E-state index contributed by atoms with van der Waals surface area (Å²) < 4.78 is 4.35. The molecule has 0 bridgehead atoms. The van der Waals surface area contributed by atoms with Gasteiger partial charge in [-0.25, -0.2) is 4.40 Å². The zero-order valence-corrected chi connectivity index (χ0v) is 13.0. The van der Waals surface area contributed by atoms with Gasteiger partial charge in [0.2, 0.25) is 0 Å². The molecule has 100 valence electrons. The van der Waals surface area contributed by atoms with Crippen molar-refractivity contribution < 1.29 is 0 Å². The molecule has 0 heterocycles. The largest absolute Gasteiger partial charge is 0.219 e. The van der Waals surface area contributed by atoms with E-state index in [0.29, 0.717) is 0 Å². The number of hydrogen-bond acceptors (Lipinski definition) is 2. The SMILES string of the molecule is CC.Cc1ccccc1S/N=C/c1ccc(Cl)cc1. The Balaban J connectivity index is 0.000000861. The predicted molar refractivity (Wildman–Crippen MR) is 87.4 cm³/mol. The van der Waals surface area contributed by atoms with Gasteiger partial charge in [-0.15, -0.1) is 0 Å². The van der Waals surface area contributed by atoms with Gasteiger partial charge in [0.05, 0.1) is 0 Å². The first-order valence-corrected chi connectivity index (χ1v) is 7.42. The summed E-state index contributed by atoms with van der Waals surface area (Å²) in [5, 5.41) is 0.744. The van der Waals surface area contributed by atoms with Crippen LogP contribution < -0.4 is 0 Å². The monoisotopic (exact) mass is 291 g/mol. The zero-order valence-electron chi connectivity index (χ0n) is 11.4. The van der Waals surface area contributed by atoms with Crippen LogP contribution in [0.3, 0.4) is 0 Å². The van der Waals surface area contributed by atoms with Crippen LogP contribution in [-0.2, 0) is 0 Å². The standard InChI is InChI=1S/C14H12ClNS.C2H6/c1-11-4-2-3-5-14(11)17-16-10-12-6-8-13(15)9-7-12;1-2/h2-10H,1H3;1-2H3/b16-10+;. The molecule has 3 heteroatoms. The van der Waals surface area contributed by atoms with Crippen molar-refractivity contribution in [3.63, 3.8) is 0 Å². The van der Waals surface area contributed by atoms with Crippen LogP contribution >= 0.6 is 23.5 Å². The molecule has 0 fully saturated rings. The van der Waals surface area contributed by atoms with E-state index in [9.17, 15) is 0 Å². The number of aryl methyl sites for hydroxylation is 1. The maximum absolute atomic E-state index is 5.81. The fourth-order valence-corrected chi connectivity index (χ4v) is 2.12. The maximum atomic E-state index is 5.81. The van der Waals surface area contributed by atoms with Crippen molar-refractivity contribution >= 4 is 29.8 Å². The predicted octanol–water partition coefficient (Wildman–Crippen LogP) is 5.80. The molecule has 1 nitrogen and oxygen atoms in total. The molecular weight excluding hydrogens is 274 g/mol. The molecule has 2 rings (SSSR count). The van der Waals surface area contributed by atoms with E-state index in [2.05, 4.69) is 23.5 Å². The second-order valence-electron chi connectivity index (χ2n) is 3.64. The fraction of sp³-hybridized carbons (Fsp3) is 0.188. The van der Waals surface area contributed by atoms with E-state index < -0.39 is 0 Å². The van der Waals surface area contributed by atoms with Crippen molar-refractivity contribution in [3.8, 4) is 0 Å². The third-order valence-electron chi connectivity index (χ3n) is 2.32. The molecule has 0 spiro atoms. The zero-order chi connectivity index (χ0) is 14.1. The van der Waals surface area contributed by atoms with Gasteiger partial charge in [0.25, 0.3) is 0 Å². The van der Waals surface area contributed by atoms with Crippen molar-refractivity contribution in [2.45, 2.75) is 25.7 Å². The van der Waals surface area contributed by atoms with Crippen LogP contribution in [-0.4, -0.2) is 6.21 Å². The van der Waals surface area contributed by atoms with Crippen molar-refractivity contribution in [2.75, 3.05) is 0 Å². The highest BCUT2D eigenvalue weighted by Gasteiger charge is 1.95. The topological polar surface area (TPSA) is 12.4 Å². The maximum Gasteiger partial charge on any atom is 0.0428 e. The summed E-state index contributed by atoms with van der Waals surface area (Å²) in [6.07, 6.45) is 1.84. The summed E-state index contributed by atoms with van der Waals surface area (Å²) in [6.45, 7) is 6.08. The summed E-state index contributed by atoms with van der Waals surface area (Å²) in [4.78, 5) is 1.18. The van der Waals surface area contributed by atoms with Crippen LogP contribution in [0.15, 0.2) is 57.8 Å². The average molecular weight is 292 g/mol. The van der Waals surface area contributed by atoms with Crippen molar-refractivity contribution in [3.05, 3.63) is 64.7 Å². The van der Waals surface area contributed by atoms with Crippen LogP contribution in [0, 0.1) is 6.92 Å². The van der Waals surface area contributed by atoms with E-state index in [1.54, 1.807) is 0 Å². The summed E-state index contributed by atoms with van der Waals surface area (Å²) in [7, 11) is 0. The molecule has 0 N–H and O–H groups in total. The van der Waals surface area contributed by atoms with Gasteiger partial charge in [-0.2, -0.15) is 0 Å². The van der Waals surface area contributed by atoms with Crippen LogP contribution in [0.1, 0.15) is 25.0 Å². The molecule has 0 aliphatic carbocycles. The molecule has 0 aliphatic rings. The molecule has 0 radical (unpaired) electrons. The highest BCUT2D eigenvalue weighted by atomic mass is 35.5. The number of rotatable bonds is 3. The van der Waals surface area contributed by atoms with Gasteiger partial charge in [0.15, 0.2) is 0 Å². The highest BCUT2D eigenvalue weighted by Crippen LogP contribution is 2.22. The number of benzene rings is 2. The molecule has 0 saturated carbocycles. The minimum Gasteiger partial charge on any atom is -0.219 e. The first-order valence-electron chi connectivity index (χ1n) is 6.27. The van der Waals surface area contributed by atoms with Gasteiger partial charge in [-0.1, -0.05) is 55.8 Å². The van der Waals surface area contributed by atoms with Crippen molar-refractivity contribution in [1.82, 2.24) is 0 Å². The minimum absolute atomic E-state index is 0.744. The Labute approximate surface area is 124 Å². The van der Waals surface area contributed by atoms with E-state index in [0.717, 1.165) is 10.6 Å². The molecule has 0 saturated heterocycles. The van der Waals surface area contributed by atoms with Crippen molar-refractivity contribution in [1.29, 1.82) is 0 Å². The van der Waals surface area contributed by atoms with Gasteiger partial charge in [-0.05, 0) is 36.2 Å². The third-order valence-corrected chi connectivity index (χ3v) is 3.43. The van der Waals surface area contributed by atoms with Gasteiger partial charge in [0, 0.05) is 28.1 Å². The molecule has 0 unspecified atom stereocenters. The average Bonchev–Trinajstić information content (AvgIpc) is 2.45. The van der Waals surface area contributed by atoms with E-state index in [-0.39, 0.29) is 0 Å². The molecule has 0 aliphatic heterocycles. The summed E-state index contributed by atoms with van der Waals surface area (Å²) >= 11 is 7.30. The van der Waals surface area contributed by atoms with Gasteiger partial charge in [-0.3, -0.25) is 0 Å². The van der Waals surface area contributed by atoms with Gasteiger partial charge >= 0.3 is 0 Å². The van der Waals surface area contributed by atoms with E-state index in [4.69, 9.17) is 11.6 Å². The Morgan fingerprint density at radius 3 is 2.26 bits per heavy atom. The Bertz CT molecular complexity index is 521. The molecule has 2 aromatic carbocycles. The lowest BCUT2D eigenvalue weighted by molar-refractivity contribution is 1.30. The number of hydrogen-bond donors (Lipinski definition) is 0. The normalized spacial score (nSPS) is 10.1. The lowest BCUT2D eigenvalue weighted by Gasteiger charge is -1.99. The molecule has 19 heavy (non-hydrogen) atoms. The molecule has 0 aromatic heterocycles. The second kappa shape index (κ2) is 8.78. The summed E-state index contributed by atoms with van der Waals surface area (Å²) in [5.74, 6) is 0. The lowest BCUT2D eigenvalue weighted by Crippen LogP contribution is -1.79. The molecular formula is C16H18ClNS. The van der Waals surface area contributed by atoms with E-state index in [1.807, 2.05) is 56.5 Å². The Hall–Kier alpha value is -1.25. The summed E-state index contributed by atoms with van der Waals surface area (Å²) in [5.41, 5.74) is 2.29. The highest BCUT2D eigenvalue weighted by molar-refractivity contribution is 7.98. The Morgan fingerprint density at radius 2 is 1.63 bits per heavy atom. The van der Waals surface area contributed by atoms with Crippen LogP contribution in [0.4, 0.5) is 0 Å². The van der Waals surface area contributed by atoms with Gasteiger partial charge < -0.3 is 0 Å². The second-order valence-corrected chi connectivity index (χ2v) is 4.91.